The molecule has 1 saturated carbocycles. The van der Waals surface area contributed by atoms with E-state index in [4.69, 9.17) is 4.42 Å². The van der Waals surface area contributed by atoms with E-state index in [0.29, 0.717) is 16.9 Å². The van der Waals surface area contributed by atoms with Gasteiger partial charge in [-0.1, -0.05) is 11.8 Å². The zero-order chi connectivity index (χ0) is 9.80. The minimum atomic E-state index is 0.303. The van der Waals surface area contributed by atoms with Crippen LogP contribution in [0.2, 0.25) is 0 Å². The van der Waals surface area contributed by atoms with Gasteiger partial charge in [0, 0.05) is 18.1 Å². The van der Waals surface area contributed by atoms with Gasteiger partial charge in [0.25, 0.3) is 5.22 Å². The molecule has 1 atom stereocenters. The lowest BCUT2D eigenvalue weighted by Crippen LogP contribution is -2.06. The summed E-state index contributed by atoms with van der Waals surface area (Å²) in [6, 6.07) is 0. The molecule has 0 bridgehead atoms. The second-order valence-corrected chi connectivity index (χ2v) is 4.54. The Balaban J connectivity index is 1.70. The average Bonchev–Trinajstić information content (AvgIpc) is 2.78. The van der Waals surface area contributed by atoms with Gasteiger partial charge in [-0.2, -0.15) is 0 Å². The Hall–Kier alpha value is -0.770. The molecule has 1 aromatic rings. The fourth-order valence-electron chi connectivity index (χ4n) is 1.76. The first kappa shape index (κ1) is 9.77. The highest BCUT2D eigenvalue weighted by Gasteiger charge is 2.23. The number of hydrogen-bond donors (Lipinski definition) is 0. The van der Waals surface area contributed by atoms with Gasteiger partial charge in [-0.25, -0.2) is 4.98 Å². The molecule has 4 heteroatoms. The van der Waals surface area contributed by atoms with Gasteiger partial charge in [-0.3, -0.25) is 4.79 Å². The summed E-state index contributed by atoms with van der Waals surface area (Å²) in [6.07, 6.45) is 7.12. The molecular weight excluding hydrogens is 198 g/mol. The van der Waals surface area contributed by atoms with Crippen molar-refractivity contribution in [2.75, 3.05) is 5.75 Å². The summed E-state index contributed by atoms with van der Waals surface area (Å²) in [5, 5.41) is 0.704. The minimum Gasteiger partial charge on any atom is -0.440 e. The SMILES string of the molecule is O=C1CCCC1CCSc1ncco1. The van der Waals surface area contributed by atoms with Gasteiger partial charge in [-0.15, -0.1) is 0 Å². The lowest BCUT2D eigenvalue weighted by atomic mass is 10.1. The number of oxazole rings is 1. The molecule has 0 radical (unpaired) electrons. The molecule has 0 aromatic carbocycles. The molecule has 76 valence electrons. The van der Waals surface area contributed by atoms with Crippen LogP contribution in [0.3, 0.4) is 0 Å². The van der Waals surface area contributed by atoms with Crippen molar-refractivity contribution < 1.29 is 9.21 Å². The number of carbonyl (C=O) groups excluding carboxylic acids is 1. The Bertz CT molecular complexity index is 297. The van der Waals surface area contributed by atoms with E-state index < -0.39 is 0 Å². The normalized spacial score (nSPS) is 21.7. The van der Waals surface area contributed by atoms with E-state index >= 15 is 0 Å². The number of carbonyl (C=O) groups is 1. The summed E-state index contributed by atoms with van der Waals surface area (Å²) in [6.45, 7) is 0. The first-order valence-electron chi connectivity index (χ1n) is 4.91. The van der Waals surface area contributed by atoms with Crippen LogP contribution in [0.5, 0.6) is 0 Å². The summed E-state index contributed by atoms with van der Waals surface area (Å²) < 4.78 is 5.09. The van der Waals surface area contributed by atoms with Crippen molar-refractivity contribution in [2.45, 2.75) is 30.9 Å². The van der Waals surface area contributed by atoms with Crippen molar-refractivity contribution in [1.29, 1.82) is 0 Å². The summed E-state index contributed by atoms with van der Waals surface area (Å²) in [5.74, 6) is 1.67. The molecule has 1 aromatic heterocycles. The molecule has 2 rings (SSSR count). The van der Waals surface area contributed by atoms with Gasteiger partial charge in [0.15, 0.2) is 0 Å². The molecule has 1 aliphatic carbocycles. The minimum absolute atomic E-state index is 0.303. The lowest BCUT2D eigenvalue weighted by molar-refractivity contribution is -0.120. The molecule has 0 amide bonds. The molecule has 0 aliphatic heterocycles. The van der Waals surface area contributed by atoms with Crippen LogP contribution >= 0.6 is 11.8 Å². The van der Waals surface area contributed by atoms with Gasteiger partial charge in [0.05, 0.1) is 6.20 Å². The van der Waals surface area contributed by atoms with Gasteiger partial charge >= 0.3 is 0 Å². The van der Waals surface area contributed by atoms with Crippen LogP contribution in [0.15, 0.2) is 22.1 Å². The summed E-state index contributed by atoms with van der Waals surface area (Å²) in [4.78, 5) is 15.3. The van der Waals surface area contributed by atoms with E-state index in [0.717, 1.165) is 31.4 Å². The maximum atomic E-state index is 11.3. The molecule has 3 nitrogen and oxygen atoms in total. The second kappa shape index (κ2) is 4.64. The van der Waals surface area contributed by atoms with Crippen molar-refractivity contribution in [1.82, 2.24) is 4.98 Å². The van der Waals surface area contributed by atoms with Crippen LogP contribution in [-0.4, -0.2) is 16.5 Å². The molecule has 0 N–H and O–H groups in total. The Morgan fingerprint density at radius 1 is 1.64 bits per heavy atom. The Kier molecular flexibility index (Phi) is 3.24. The fraction of sp³-hybridized carbons (Fsp3) is 0.600. The van der Waals surface area contributed by atoms with E-state index in [-0.39, 0.29) is 0 Å². The highest BCUT2D eigenvalue weighted by molar-refractivity contribution is 7.99. The van der Waals surface area contributed by atoms with Crippen LogP contribution in [-0.2, 0) is 4.79 Å². The molecule has 1 heterocycles. The number of nitrogens with zero attached hydrogens (tertiary/aromatic N) is 1. The maximum Gasteiger partial charge on any atom is 0.255 e. The van der Waals surface area contributed by atoms with Crippen LogP contribution in [0.25, 0.3) is 0 Å². The second-order valence-electron chi connectivity index (χ2n) is 3.49. The van der Waals surface area contributed by atoms with Gasteiger partial charge in [0.1, 0.15) is 12.0 Å². The van der Waals surface area contributed by atoms with E-state index in [1.165, 1.54) is 0 Å². The number of rotatable bonds is 4. The molecule has 1 unspecified atom stereocenters. The fourth-order valence-corrected chi connectivity index (χ4v) is 2.60. The smallest absolute Gasteiger partial charge is 0.255 e. The van der Waals surface area contributed by atoms with Crippen LogP contribution in [0, 0.1) is 5.92 Å². The zero-order valence-corrected chi connectivity index (χ0v) is 8.76. The quantitative estimate of drug-likeness (QED) is 0.718. The zero-order valence-electron chi connectivity index (χ0n) is 7.94. The van der Waals surface area contributed by atoms with Gasteiger partial charge in [-0.05, 0) is 19.3 Å². The summed E-state index contributed by atoms with van der Waals surface area (Å²) in [7, 11) is 0. The highest BCUT2D eigenvalue weighted by atomic mass is 32.2. The predicted molar refractivity (Wildman–Crippen MR) is 54.2 cm³/mol. The summed E-state index contributed by atoms with van der Waals surface area (Å²) >= 11 is 1.59. The Labute approximate surface area is 87.3 Å². The van der Waals surface area contributed by atoms with E-state index in [9.17, 15) is 4.79 Å². The Morgan fingerprint density at radius 3 is 3.21 bits per heavy atom. The number of Topliss-reactive ketones (excluding diaryl/α,β-unsaturated/α-hetero) is 1. The van der Waals surface area contributed by atoms with Crippen molar-refractivity contribution in [3.63, 3.8) is 0 Å². The molecule has 0 saturated heterocycles. The predicted octanol–water partition coefficient (Wildman–Crippen LogP) is 2.53. The third-order valence-electron chi connectivity index (χ3n) is 2.53. The van der Waals surface area contributed by atoms with Gasteiger partial charge < -0.3 is 4.42 Å². The average molecular weight is 211 g/mol. The third kappa shape index (κ3) is 2.38. The molecular formula is C10H13NO2S. The molecule has 1 fully saturated rings. The van der Waals surface area contributed by atoms with Crippen molar-refractivity contribution in [2.24, 2.45) is 5.92 Å². The van der Waals surface area contributed by atoms with E-state index in [1.54, 1.807) is 24.2 Å². The summed E-state index contributed by atoms with van der Waals surface area (Å²) in [5.41, 5.74) is 0. The number of thioether (sulfide) groups is 1. The molecule has 14 heavy (non-hydrogen) atoms. The number of ketones is 1. The first-order chi connectivity index (χ1) is 6.86. The highest BCUT2D eigenvalue weighted by Crippen LogP contribution is 2.27. The number of aromatic nitrogens is 1. The van der Waals surface area contributed by atoms with Crippen molar-refractivity contribution in [3.05, 3.63) is 12.5 Å². The maximum absolute atomic E-state index is 11.3. The standard InChI is InChI=1S/C10H13NO2S/c12-9-3-1-2-8(9)4-7-14-10-11-5-6-13-10/h5-6,8H,1-4,7H2. The first-order valence-corrected chi connectivity index (χ1v) is 5.90. The molecule has 0 spiro atoms. The van der Waals surface area contributed by atoms with Crippen molar-refractivity contribution in [3.8, 4) is 0 Å². The monoisotopic (exact) mass is 211 g/mol. The van der Waals surface area contributed by atoms with Crippen LogP contribution < -0.4 is 0 Å². The van der Waals surface area contributed by atoms with Crippen LogP contribution in [0.4, 0.5) is 0 Å². The number of hydrogen-bond acceptors (Lipinski definition) is 4. The van der Waals surface area contributed by atoms with Gasteiger partial charge in [0.2, 0.25) is 0 Å². The Morgan fingerprint density at radius 2 is 2.57 bits per heavy atom. The third-order valence-corrected chi connectivity index (χ3v) is 3.42. The molecule has 1 aliphatic rings. The topological polar surface area (TPSA) is 43.1 Å². The van der Waals surface area contributed by atoms with Crippen molar-refractivity contribution >= 4 is 17.5 Å². The van der Waals surface area contributed by atoms with E-state index in [2.05, 4.69) is 4.98 Å². The van der Waals surface area contributed by atoms with Crippen LogP contribution in [0.1, 0.15) is 25.7 Å². The largest absolute Gasteiger partial charge is 0.440 e. The van der Waals surface area contributed by atoms with E-state index in [1.807, 2.05) is 0 Å². The lowest BCUT2D eigenvalue weighted by Gasteiger charge is -2.04.